The van der Waals surface area contributed by atoms with Crippen LogP contribution in [0.15, 0.2) is 0 Å². The van der Waals surface area contributed by atoms with E-state index in [1.165, 1.54) is 44.5 Å². The summed E-state index contributed by atoms with van der Waals surface area (Å²) in [7, 11) is 0. The van der Waals surface area contributed by atoms with Crippen LogP contribution in [0.2, 0.25) is 0 Å². The average Bonchev–Trinajstić information content (AvgIpc) is 2.17. The number of hydrogen-bond donors (Lipinski definition) is 1. The quantitative estimate of drug-likeness (QED) is 0.733. The minimum atomic E-state index is 0.783. The fraction of sp³-hybridized carbons (Fsp3) is 1.00. The van der Waals surface area contributed by atoms with E-state index < -0.39 is 0 Å². The van der Waals surface area contributed by atoms with Crippen molar-refractivity contribution in [1.82, 2.24) is 4.90 Å². The molecule has 0 aromatic rings. The molecule has 1 heterocycles. The van der Waals surface area contributed by atoms with Crippen LogP contribution in [0.1, 0.15) is 25.7 Å². The van der Waals surface area contributed by atoms with Gasteiger partial charge in [0.15, 0.2) is 0 Å². The van der Waals surface area contributed by atoms with Crippen LogP contribution < -0.4 is 5.73 Å². The molecule has 0 radical (unpaired) electrons. The van der Waals surface area contributed by atoms with Crippen LogP contribution in [-0.2, 0) is 0 Å². The Kier molecular flexibility index (Phi) is 5.83. The summed E-state index contributed by atoms with van der Waals surface area (Å²) in [5, 5.41) is 0. The van der Waals surface area contributed by atoms with Crippen LogP contribution in [0.3, 0.4) is 0 Å². The molecule has 0 spiro atoms. The Hall–Kier alpha value is 0.270. The third-order valence-corrected chi connectivity index (χ3v) is 3.42. The topological polar surface area (TPSA) is 29.3 Å². The summed E-state index contributed by atoms with van der Waals surface area (Å²) in [4.78, 5) is 2.63. The van der Waals surface area contributed by atoms with Crippen LogP contribution in [0.4, 0.5) is 0 Å². The maximum absolute atomic E-state index is 5.62. The summed E-state index contributed by atoms with van der Waals surface area (Å²) in [5.41, 5.74) is 5.62. The molecule has 0 saturated carbocycles. The van der Waals surface area contributed by atoms with Gasteiger partial charge in [0.25, 0.3) is 0 Å². The first kappa shape index (κ1) is 11.3. The van der Waals surface area contributed by atoms with Gasteiger partial charge in [-0.1, -0.05) is 6.42 Å². The molecular weight excluding hydrogens is 180 g/mol. The average molecular weight is 202 g/mol. The molecule has 1 aliphatic rings. The second-order valence-corrected chi connectivity index (χ2v) is 4.74. The highest BCUT2D eigenvalue weighted by Crippen LogP contribution is 2.19. The first-order chi connectivity index (χ1) is 6.38. The van der Waals surface area contributed by atoms with Gasteiger partial charge in [0, 0.05) is 18.3 Å². The zero-order valence-corrected chi connectivity index (χ0v) is 9.48. The lowest BCUT2D eigenvalue weighted by Crippen LogP contribution is -2.41. The Balaban J connectivity index is 2.28. The van der Waals surface area contributed by atoms with Crippen molar-refractivity contribution in [2.24, 2.45) is 5.73 Å². The van der Waals surface area contributed by atoms with E-state index in [4.69, 9.17) is 5.73 Å². The second kappa shape index (κ2) is 6.68. The Labute approximate surface area is 86.2 Å². The van der Waals surface area contributed by atoms with Crippen molar-refractivity contribution < 1.29 is 0 Å². The van der Waals surface area contributed by atoms with E-state index in [2.05, 4.69) is 11.2 Å². The minimum absolute atomic E-state index is 0.783. The normalized spacial score (nSPS) is 24.9. The summed E-state index contributed by atoms with van der Waals surface area (Å²) < 4.78 is 0. The largest absolute Gasteiger partial charge is 0.330 e. The van der Waals surface area contributed by atoms with Gasteiger partial charge in [0.2, 0.25) is 0 Å². The molecule has 0 aromatic heterocycles. The summed E-state index contributed by atoms with van der Waals surface area (Å²) in [5.74, 6) is 1.26. The predicted octanol–water partition coefficient (Wildman–Crippen LogP) is 1.55. The van der Waals surface area contributed by atoms with Gasteiger partial charge < -0.3 is 5.73 Å². The second-order valence-electron chi connectivity index (χ2n) is 3.76. The number of thioether (sulfide) groups is 1. The van der Waals surface area contributed by atoms with E-state index in [0.29, 0.717) is 0 Å². The van der Waals surface area contributed by atoms with Crippen molar-refractivity contribution >= 4 is 11.8 Å². The molecule has 3 heteroatoms. The maximum Gasteiger partial charge on any atom is 0.0108 e. The lowest BCUT2D eigenvalue weighted by atomic mass is 9.99. The van der Waals surface area contributed by atoms with Crippen molar-refractivity contribution in [3.63, 3.8) is 0 Å². The van der Waals surface area contributed by atoms with E-state index in [1.807, 2.05) is 11.8 Å². The van der Waals surface area contributed by atoms with Gasteiger partial charge in [-0.25, -0.2) is 0 Å². The highest BCUT2D eigenvalue weighted by atomic mass is 32.2. The number of likely N-dealkylation sites (tertiary alicyclic amines) is 1. The van der Waals surface area contributed by atoms with Gasteiger partial charge in [-0.15, -0.1) is 0 Å². The lowest BCUT2D eigenvalue weighted by molar-refractivity contribution is 0.151. The van der Waals surface area contributed by atoms with Gasteiger partial charge >= 0.3 is 0 Å². The molecule has 1 atom stereocenters. The molecule has 2 N–H and O–H groups in total. The fourth-order valence-electron chi connectivity index (χ4n) is 2.08. The van der Waals surface area contributed by atoms with Crippen LogP contribution in [0, 0.1) is 0 Å². The summed E-state index contributed by atoms with van der Waals surface area (Å²) in [6.07, 6.45) is 7.53. The Bertz CT molecular complexity index is 128. The highest BCUT2D eigenvalue weighted by molar-refractivity contribution is 7.98. The highest BCUT2D eigenvalue weighted by Gasteiger charge is 2.20. The Morgan fingerprint density at radius 2 is 2.31 bits per heavy atom. The van der Waals surface area contributed by atoms with Gasteiger partial charge in [-0.2, -0.15) is 11.8 Å². The SMILES string of the molecule is CSCCN1CCCCC1CCN. The van der Waals surface area contributed by atoms with Crippen LogP contribution in [0.5, 0.6) is 0 Å². The minimum Gasteiger partial charge on any atom is -0.330 e. The molecule has 1 rings (SSSR count). The summed E-state index contributed by atoms with van der Waals surface area (Å²) >= 11 is 1.94. The zero-order valence-electron chi connectivity index (χ0n) is 8.67. The summed E-state index contributed by atoms with van der Waals surface area (Å²) in [6.45, 7) is 3.40. The first-order valence-corrected chi connectivity index (χ1v) is 6.71. The maximum atomic E-state index is 5.62. The number of nitrogens with zero attached hydrogens (tertiary/aromatic N) is 1. The van der Waals surface area contributed by atoms with Gasteiger partial charge in [0.1, 0.15) is 0 Å². The van der Waals surface area contributed by atoms with Gasteiger partial charge in [-0.3, -0.25) is 4.90 Å². The molecule has 1 saturated heterocycles. The molecular formula is C10H22N2S. The number of piperidine rings is 1. The van der Waals surface area contributed by atoms with Crippen LogP contribution in [0.25, 0.3) is 0 Å². The first-order valence-electron chi connectivity index (χ1n) is 5.31. The van der Waals surface area contributed by atoms with Crippen molar-refractivity contribution in [2.75, 3.05) is 31.6 Å². The Morgan fingerprint density at radius 3 is 3.00 bits per heavy atom. The molecule has 0 bridgehead atoms. The molecule has 2 nitrogen and oxygen atoms in total. The van der Waals surface area contributed by atoms with Crippen molar-refractivity contribution in [3.8, 4) is 0 Å². The third kappa shape index (κ3) is 3.88. The third-order valence-electron chi connectivity index (χ3n) is 2.83. The molecule has 0 amide bonds. The Morgan fingerprint density at radius 1 is 1.46 bits per heavy atom. The smallest absolute Gasteiger partial charge is 0.0108 e. The van der Waals surface area contributed by atoms with Crippen molar-refractivity contribution in [1.29, 1.82) is 0 Å². The number of nitrogens with two attached hydrogens (primary N) is 1. The standard InChI is InChI=1S/C10H22N2S/c1-13-9-8-12-7-3-2-4-10(12)5-6-11/h10H,2-9,11H2,1H3. The molecule has 1 fully saturated rings. The predicted molar refractivity (Wildman–Crippen MR) is 61.3 cm³/mol. The van der Waals surface area contributed by atoms with E-state index >= 15 is 0 Å². The molecule has 0 aliphatic carbocycles. The van der Waals surface area contributed by atoms with Crippen LogP contribution in [-0.4, -0.2) is 42.6 Å². The molecule has 1 unspecified atom stereocenters. The van der Waals surface area contributed by atoms with Gasteiger partial charge in [0.05, 0.1) is 0 Å². The van der Waals surface area contributed by atoms with E-state index in [0.717, 1.165) is 12.6 Å². The van der Waals surface area contributed by atoms with E-state index in [1.54, 1.807) is 0 Å². The van der Waals surface area contributed by atoms with Crippen molar-refractivity contribution in [2.45, 2.75) is 31.7 Å². The molecule has 78 valence electrons. The summed E-state index contributed by atoms with van der Waals surface area (Å²) in [6, 6.07) is 0.783. The molecule has 1 aliphatic heterocycles. The number of rotatable bonds is 5. The molecule has 0 aromatic carbocycles. The van der Waals surface area contributed by atoms with Crippen molar-refractivity contribution in [3.05, 3.63) is 0 Å². The zero-order chi connectivity index (χ0) is 9.52. The molecule has 13 heavy (non-hydrogen) atoms. The van der Waals surface area contributed by atoms with E-state index in [9.17, 15) is 0 Å². The monoisotopic (exact) mass is 202 g/mol. The fourth-order valence-corrected chi connectivity index (χ4v) is 2.50. The van der Waals surface area contributed by atoms with Gasteiger partial charge in [-0.05, 0) is 38.6 Å². The van der Waals surface area contributed by atoms with Crippen LogP contribution >= 0.6 is 11.8 Å². The lowest BCUT2D eigenvalue weighted by Gasteiger charge is -2.35. The number of hydrogen-bond acceptors (Lipinski definition) is 3. The van der Waals surface area contributed by atoms with E-state index in [-0.39, 0.29) is 0 Å².